The summed E-state index contributed by atoms with van der Waals surface area (Å²) in [5.41, 5.74) is 0. The number of rotatable bonds is 8. The van der Waals surface area contributed by atoms with E-state index in [1.165, 1.54) is 8.66 Å². The van der Waals surface area contributed by atoms with E-state index in [1.807, 2.05) is 11.8 Å². The number of thioether (sulfide) groups is 1. The van der Waals surface area contributed by atoms with Crippen molar-refractivity contribution in [1.29, 1.82) is 0 Å². The Balaban J connectivity index is 0.00000225. The van der Waals surface area contributed by atoms with Gasteiger partial charge in [-0.2, -0.15) is 11.8 Å². The van der Waals surface area contributed by atoms with Crippen LogP contribution < -0.4 is 5.32 Å². The number of thiophene rings is 1. The van der Waals surface area contributed by atoms with E-state index >= 15 is 0 Å². The summed E-state index contributed by atoms with van der Waals surface area (Å²) in [5.74, 6) is 2.18. The van der Waals surface area contributed by atoms with Crippen LogP contribution >= 0.6 is 51.4 Å². The minimum atomic E-state index is 0. The van der Waals surface area contributed by atoms with Gasteiger partial charge in [0.25, 0.3) is 0 Å². The third-order valence-corrected chi connectivity index (χ3v) is 4.49. The predicted octanol–water partition coefficient (Wildman–Crippen LogP) is 3.14. The van der Waals surface area contributed by atoms with E-state index in [1.54, 1.807) is 11.3 Å². The lowest BCUT2D eigenvalue weighted by Gasteiger charge is -2.02. The summed E-state index contributed by atoms with van der Waals surface area (Å²) in [6.07, 6.45) is 0.905. The molecule has 0 bridgehead atoms. The van der Waals surface area contributed by atoms with E-state index in [0.29, 0.717) is 6.61 Å². The summed E-state index contributed by atoms with van der Waals surface area (Å²) >= 11 is 7.11. The molecule has 94 valence electrons. The molecule has 1 aromatic heterocycles. The molecule has 6 heteroatoms. The molecule has 0 amide bonds. The average molecular weight is 347 g/mol. The largest absolute Gasteiger partial charge is 0.396 e. The van der Waals surface area contributed by atoms with Crippen molar-refractivity contribution in [3.63, 3.8) is 0 Å². The first-order chi connectivity index (χ1) is 7.33. The first-order valence-corrected chi connectivity index (χ1v) is 7.73. The van der Waals surface area contributed by atoms with Gasteiger partial charge in [-0.05, 0) is 40.2 Å². The SMILES string of the molecule is Cl.OCCCSCCNCc1ccc(Br)s1. The van der Waals surface area contributed by atoms with Gasteiger partial charge in [0.1, 0.15) is 0 Å². The second-order valence-corrected chi connectivity index (χ2v) is 6.84. The van der Waals surface area contributed by atoms with Crippen LogP contribution in [-0.4, -0.2) is 29.8 Å². The summed E-state index contributed by atoms with van der Waals surface area (Å²) in [6, 6.07) is 4.22. The van der Waals surface area contributed by atoms with Crippen LogP contribution in [0.25, 0.3) is 0 Å². The normalized spacial score (nSPS) is 10.1. The Morgan fingerprint density at radius 1 is 1.38 bits per heavy atom. The lowest BCUT2D eigenvalue weighted by Crippen LogP contribution is -2.15. The van der Waals surface area contributed by atoms with E-state index < -0.39 is 0 Å². The fraction of sp³-hybridized carbons (Fsp3) is 0.600. The van der Waals surface area contributed by atoms with E-state index in [-0.39, 0.29) is 12.4 Å². The zero-order valence-electron chi connectivity index (χ0n) is 8.95. The molecule has 1 heterocycles. The monoisotopic (exact) mass is 345 g/mol. The molecule has 16 heavy (non-hydrogen) atoms. The molecule has 1 aromatic rings. The molecule has 0 saturated heterocycles. The third-order valence-electron chi connectivity index (χ3n) is 1.80. The number of aliphatic hydroxyl groups is 1. The van der Waals surface area contributed by atoms with Gasteiger partial charge in [-0.25, -0.2) is 0 Å². The van der Waals surface area contributed by atoms with Crippen LogP contribution in [0.1, 0.15) is 11.3 Å². The van der Waals surface area contributed by atoms with E-state index in [9.17, 15) is 0 Å². The van der Waals surface area contributed by atoms with Gasteiger partial charge < -0.3 is 10.4 Å². The number of halogens is 2. The molecular formula is C10H17BrClNOS2. The van der Waals surface area contributed by atoms with E-state index in [0.717, 1.165) is 31.0 Å². The standard InChI is InChI=1S/C10H16BrNOS2.ClH/c11-10-3-2-9(15-10)8-12-4-7-14-6-1-5-13;/h2-3,12-13H,1,4-8H2;1H. The van der Waals surface area contributed by atoms with Crippen LogP contribution in [0.4, 0.5) is 0 Å². The Morgan fingerprint density at radius 3 is 2.81 bits per heavy atom. The second kappa shape index (κ2) is 10.9. The maximum Gasteiger partial charge on any atom is 0.0701 e. The molecule has 0 spiro atoms. The first kappa shape index (κ1) is 16.7. The average Bonchev–Trinajstić information content (AvgIpc) is 2.63. The Hall–Kier alpha value is 0.740. The minimum absolute atomic E-state index is 0. The maximum atomic E-state index is 8.59. The van der Waals surface area contributed by atoms with Crippen molar-refractivity contribution in [3.8, 4) is 0 Å². The zero-order chi connectivity index (χ0) is 10.9. The predicted molar refractivity (Wildman–Crippen MR) is 80.0 cm³/mol. The maximum absolute atomic E-state index is 8.59. The minimum Gasteiger partial charge on any atom is -0.396 e. The zero-order valence-corrected chi connectivity index (χ0v) is 13.0. The quantitative estimate of drug-likeness (QED) is 0.709. The molecule has 0 aliphatic carbocycles. The molecule has 2 nitrogen and oxygen atoms in total. The fourth-order valence-electron chi connectivity index (χ4n) is 1.07. The molecule has 0 aromatic carbocycles. The highest BCUT2D eigenvalue weighted by Crippen LogP contribution is 2.21. The van der Waals surface area contributed by atoms with Crippen LogP contribution in [0.2, 0.25) is 0 Å². The molecule has 0 aliphatic heterocycles. The number of nitrogens with one attached hydrogen (secondary N) is 1. The van der Waals surface area contributed by atoms with Crippen molar-refractivity contribution in [2.24, 2.45) is 0 Å². The van der Waals surface area contributed by atoms with Gasteiger partial charge in [0.05, 0.1) is 3.79 Å². The molecule has 0 radical (unpaired) electrons. The van der Waals surface area contributed by atoms with Gasteiger partial charge in [0.15, 0.2) is 0 Å². The smallest absolute Gasteiger partial charge is 0.0701 e. The van der Waals surface area contributed by atoms with E-state index in [4.69, 9.17) is 5.11 Å². The molecule has 0 unspecified atom stereocenters. The Kier molecular flexibility index (Phi) is 11.4. The molecule has 0 aliphatic rings. The fourth-order valence-corrected chi connectivity index (χ4v) is 3.35. The number of hydrogen-bond acceptors (Lipinski definition) is 4. The molecule has 2 N–H and O–H groups in total. The lowest BCUT2D eigenvalue weighted by atomic mass is 10.4. The van der Waals surface area contributed by atoms with Gasteiger partial charge in [-0.15, -0.1) is 23.7 Å². The van der Waals surface area contributed by atoms with Crippen molar-refractivity contribution in [1.82, 2.24) is 5.32 Å². The van der Waals surface area contributed by atoms with Crippen molar-refractivity contribution in [2.75, 3.05) is 24.7 Å². The van der Waals surface area contributed by atoms with Crippen LogP contribution in [0, 0.1) is 0 Å². The Labute approximate surface area is 120 Å². The highest BCUT2D eigenvalue weighted by Gasteiger charge is 1.96. The highest BCUT2D eigenvalue weighted by molar-refractivity contribution is 9.11. The second-order valence-electron chi connectivity index (χ2n) is 3.07. The summed E-state index contributed by atoms with van der Waals surface area (Å²) in [6.45, 7) is 2.30. The number of aliphatic hydroxyl groups excluding tert-OH is 1. The Bertz CT molecular complexity index is 273. The number of hydrogen-bond donors (Lipinski definition) is 2. The molecule has 0 atom stereocenters. The van der Waals surface area contributed by atoms with Crippen LogP contribution in [0.3, 0.4) is 0 Å². The topological polar surface area (TPSA) is 32.3 Å². The summed E-state index contributed by atoms with van der Waals surface area (Å²) < 4.78 is 1.19. The van der Waals surface area contributed by atoms with Gasteiger partial charge in [0, 0.05) is 30.3 Å². The highest BCUT2D eigenvalue weighted by atomic mass is 79.9. The van der Waals surface area contributed by atoms with Gasteiger partial charge in [-0.3, -0.25) is 0 Å². The molecule has 0 saturated carbocycles. The first-order valence-electron chi connectivity index (χ1n) is 4.96. The van der Waals surface area contributed by atoms with Crippen LogP contribution in [0.15, 0.2) is 15.9 Å². The van der Waals surface area contributed by atoms with Gasteiger partial charge >= 0.3 is 0 Å². The van der Waals surface area contributed by atoms with Crippen molar-refractivity contribution in [3.05, 3.63) is 20.8 Å². The molecule has 0 fully saturated rings. The van der Waals surface area contributed by atoms with Gasteiger partial charge in [0.2, 0.25) is 0 Å². The Morgan fingerprint density at radius 2 is 2.19 bits per heavy atom. The molecular weight excluding hydrogens is 330 g/mol. The van der Waals surface area contributed by atoms with Crippen LogP contribution in [-0.2, 0) is 6.54 Å². The van der Waals surface area contributed by atoms with Crippen molar-refractivity contribution >= 4 is 51.4 Å². The van der Waals surface area contributed by atoms with Crippen molar-refractivity contribution < 1.29 is 5.11 Å². The summed E-state index contributed by atoms with van der Waals surface area (Å²) in [7, 11) is 0. The lowest BCUT2D eigenvalue weighted by molar-refractivity contribution is 0.296. The van der Waals surface area contributed by atoms with Crippen LogP contribution in [0.5, 0.6) is 0 Å². The third kappa shape index (κ3) is 7.92. The van der Waals surface area contributed by atoms with Gasteiger partial charge in [-0.1, -0.05) is 0 Å². The van der Waals surface area contributed by atoms with E-state index in [2.05, 4.69) is 33.4 Å². The molecule has 1 rings (SSSR count). The van der Waals surface area contributed by atoms with Crippen molar-refractivity contribution in [2.45, 2.75) is 13.0 Å². The summed E-state index contributed by atoms with van der Waals surface area (Å²) in [5, 5.41) is 12.0. The summed E-state index contributed by atoms with van der Waals surface area (Å²) in [4.78, 5) is 1.36.